The number of aliphatic carboxylic acids is 1. The highest BCUT2D eigenvalue weighted by molar-refractivity contribution is 5.82. The topological polar surface area (TPSA) is 42.2 Å². The summed E-state index contributed by atoms with van der Waals surface area (Å²) in [5.41, 5.74) is 8.17. The Balaban J connectivity index is 1.80. The first-order valence-electron chi connectivity index (χ1n) is 10.5. The van der Waals surface area contributed by atoms with Gasteiger partial charge in [0.05, 0.1) is 6.04 Å². The average molecular weight is 410 g/mol. The molecule has 156 valence electrons. The molecule has 0 saturated carbocycles. The molecule has 1 heterocycles. The fourth-order valence-electron chi connectivity index (χ4n) is 4.26. The first-order chi connectivity index (χ1) is 14.9. The summed E-state index contributed by atoms with van der Waals surface area (Å²) in [5, 5.41) is 10.1. The second-order valence-corrected chi connectivity index (χ2v) is 8.29. The van der Waals surface area contributed by atoms with Crippen molar-refractivity contribution in [2.45, 2.75) is 33.2 Å². The van der Waals surface area contributed by atoms with Crippen LogP contribution < -0.4 is 0 Å². The molecular weight excluding hydrogens is 382 g/mol. The van der Waals surface area contributed by atoms with Gasteiger partial charge in [-0.15, -0.1) is 0 Å². The molecule has 0 radical (unpaired) electrons. The lowest BCUT2D eigenvalue weighted by molar-refractivity contribution is -0.131. The average Bonchev–Trinajstić information content (AvgIpc) is 3.13. The number of fused-ring (bicyclic) bond motifs is 1. The second-order valence-electron chi connectivity index (χ2n) is 8.29. The van der Waals surface area contributed by atoms with Crippen LogP contribution >= 0.6 is 0 Å². The van der Waals surface area contributed by atoms with Gasteiger partial charge in [-0.05, 0) is 73.0 Å². The lowest BCUT2D eigenvalue weighted by Gasteiger charge is -2.23. The number of carboxylic acid groups (broad SMARTS) is 1. The zero-order valence-electron chi connectivity index (χ0n) is 18.2. The molecule has 0 aliphatic heterocycles. The molecule has 0 bridgehead atoms. The van der Waals surface area contributed by atoms with Crippen molar-refractivity contribution in [2.24, 2.45) is 0 Å². The minimum Gasteiger partial charge on any atom is -0.478 e. The molecule has 0 aliphatic rings. The van der Waals surface area contributed by atoms with Gasteiger partial charge in [0.15, 0.2) is 0 Å². The molecule has 0 spiro atoms. The molecule has 0 saturated heterocycles. The standard InChI is InChI=1S/C28H27NO2/c1-19-8-11-23(12-9-19)28(25-7-5-4-6-21(25)3)29-15-14-24-18-22(10-13-26(24)29)16-20(2)17-27(30)31/h4-15,17-18,28H,16H2,1-3H3,(H,30,31). The van der Waals surface area contributed by atoms with E-state index in [4.69, 9.17) is 5.11 Å². The number of hydrogen-bond acceptors (Lipinski definition) is 1. The number of rotatable bonds is 6. The normalized spacial score (nSPS) is 12.8. The predicted octanol–water partition coefficient (Wildman–Crippen LogP) is 6.47. The molecule has 1 N–H and O–H groups in total. The van der Waals surface area contributed by atoms with Crippen LogP contribution in [-0.2, 0) is 11.2 Å². The third kappa shape index (κ3) is 4.46. The van der Waals surface area contributed by atoms with E-state index in [0.717, 1.165) is 22.0 Å². The van der Waals surface area contributed by atoms with Crippen molar-refractivity contribution in [3.63, 3.8) is 0 Å². The van der Waals surface area contributed by atoms with Crippen molar-refractivity contribution in [1.29, 1.82) is 0 Å². The monoisotopic (exact) mass is 409 g/mol. The Hall–Kier alpha value is -3.59. The highest BCUT2D eigenvalue weighted by Crippen LogP contribution is 2.33. The Labute approximate surface area is 183 Å². The predicted molar refractivity (Wildman–Crippen MR) is 127 cm³/mol. The molecule has 3 heteroatoms. The maximum Gasteiger partial charge on any atom is 0.328 e. The Morgan fingerprint density at radius 2 is 1.74 bits per heavy atom. The quantitative estimate of drug-likeness (QED) is 0.371. The zero-order valence-corrected chi connectivity index (χ0v) is 18.2. The van der Waals surface area contributed by atoms with Crippen LogP contribution in [0.3, 0.4) is 0 Å². The van der Waals surface area contributed by atoms with Crippen molar-refractivity contribution in [3.8, 4) is 0 Å². The summed E-state index contributed by atoms with van der Waals surface area (Å²) in [6.45, 7) is 6.13. The minimum atomic E-state index is -0.899. The third-order valence-electron chi connectivity index (χ3n) is 5.79. The number of carbonyl (C=O) groups is 1. The van der Waals surface area contributed by atoms with Crippen LogP contribution in [0.15, 0.2) is 90.6 Å². The van der Waals surface area contributed by atoms with Crippen LogP contribution in [0.4, 0.5) is 0 Å². The highest BCUT2D eigenvalue weighted by atomic mass is 16.4. The Morgan fingerprint density at radius 1 is 1.00 bits per heavy atom. The maximum absolute atomic E-state index is 10.9. The van der Waals surface area contributed by atoms with E-state index in [9.17, 15) is 4.79 Å². The van der Waals surface area contributed by atoms with Gasteiger partial charge >= 0.3 is 5.97 Å². The van der Waals surface area contributed by atoms with Crippen molar-refractivity contribution < 1.29 is 9.90 Å². The van der Waals surface area contributed by atoms with Crippen molar-refractivity contribution in [3.05, 3.63) is 118 Å². The molecule has 4 aromatic rings. The SMILES string of the molecule is CC(=CC(=O)O)Cc1ccc2c(ccn2C(c2ccc(C)cc2)c2ccccc2C)c1. The summed E-state index contributed by atoms with van der Waals surface area (Å²) in [6, 6.07) is 26.0. The van der Waals surface area contributed by atoms with Gasteiger partial charge in [-0.25, -0.2) is 4.79 Å². The molecule has 0 amide bonds. The van der Waals surface area contributed by atoms with E-state index in [-0.39, 0.29) is 6.04 Å². The third-order valence-corrected chi connectivity index (χ3v) is 5.79. The molecule has 1 aromatic heterocycles. The summed E-state index contributed by atoms with van der Waals surface area (Å²) < 4.78 is 2.34. The van der Waals surface area contributed by atoms with Crippen molar-refractivity contribution >= 4 is 16.9 Å². The summed E-state index contributed by atoms with van der Waals surface area (Å²) in [6.07, 6.45) is 4.07. The van der Waals surface area contributed by atoms with E-state index in [2.05, 4.69) is 97.4 Å². The number of benzene rings is 3. The molecule has 1 unspecified atom stereocenters. The summed E-state index contributed by atoms with van der Waals surface area (Å²) in [7, 11) is 0. The zero-order chi connectivity index (χ0) is 22.0. The smallest absolute Gasteiger partial charge is 0.328 e. The van der Waals surface area contributed by atoms with Crippen molar-refractivity contribution in [1.82, 2.24) is 4.57 Å². The molecular formula is C28H27NO2. The minimum absolute atomic E-state index is 0.0822. The van der Waals surface area contributed by atoms with Gasteiger partial charge in [-0.1, -0.05) is 65.7 Å². The van der Waals surface area contributed by atoms with Crippen LogP contribution in [0.2, 0.25) is 0 Å². The van der Waals surface area contributed by atoms with Crippen LogP contribution in [-0.4, -0.2) is 15.6 Å². The Kier molecular flexibility index (Phi) is 5.77. The second kappa shape index (κ2) is 8.65. The van der Waals surface area contributed by atoms with Crippen LogP contribution in [0.5, 0.6) is 0 Å². The lowest BCUT2D eigenvalue weighted by atomic mass is 9.94. The number of carboxylic acids is 1. The van der Waals surface area contributed by atoms with Gasteiger partial charge in [0, 0.05) is 17.8 Å². The van der Waals surface area contributed by atoms with E-state index >= 15 is 0 Å². The highest BCUT2D eigenvalue weighted by Gasteiger charge is 2.19. The fraction of sp³-hybridized carbons (Fsp3) is 0.179. The van der Waals surface area contributed by atoms with E-state index in [0.29, 0.717) is 6.42 Å². The van der Waals surface area contributed by atoms with Gasteiger partial charge in [0.1, 0.15) is 0 Å². The lowest BCUT2D eigenvalue weighted by Crippen LogP contribution is -2.12. The van der Waals surface area contributed by atoms with Crippen molar-refractivity contribution in [2.75, 3.05) is 0 Å². The van der Waals surface area contributed by atoms with E-state index in [1.54, 1.807) is 0 Å². The first kappa shape index (κ1) is 20.7. The van der Waals surface area contributed by atoms with Crippen LogP contribution in [0.25, 0.3) is 10.9 Å². The molecule has 3 nitrogen and oxygen atoms in total. The van der Waals surface area contributed by atoms with Gasteiger partial charge in [-0.3, -0.25) is 0 Å². The van der Waals surface area contributed by atoms with E-state index in [1.807, 2.05) is 6.92 Å². The summed E-state index contributed by atoms with van der Waals surface area (Å²) in [4.78, 5) is 10.9. The molecule has 3 aromatic carbocycles. The summed E-state index contributed by atoms with van der Waals surface area (Å²) in [5.74, 6) is -0.899. The maximum atomic E-state index is 10.9. The van der Waals surface area contributed by atoms with E-state index in [1.165, 1.54) is 28.3 Å². The number of aryl methyl sites for hydroxylation is 2. The number of allylic oxidation sites excluding steroid dienone is 1. The molecule has 4 rings (SSSR count). The molecule has 1 atom stereocenters. The summed E-state index contributed by atoms with van der Waals surface area (Å²) >= 11 is 0. The van der Waals surface area contributed by atoms with Crippen LogP contribution in [0, 0.1) is 13.8 Å². The molecule has 31 heavy (non-hydrogen) atoms. The Morgan fingerprint density at radius 3 is 2.45 bits per heavy atom. The van der Waals surface area contributed by atoms with E-state index < -0.39 is 5.97 Å². The molecule has 0 fully saturated rings. The number of aromatic nitrogens is 1. The molecule has 0 aliphatic carbocycles. The largest absolute Gasteiger partial charge is 0.478 e. The number of nitrogens with zero attached hydrogens (tertiary/aromatic N) is 1. The van der Waals surface area contributed by atoms with Gasteiger partial charge in [-0.2, -0.15) is 0 Å². The van der Waals surface area contributed by atoms with Gasteiger partial charge < -0.3 is 9.67 Å². The fourth-order valence-corrected chi connectivity index (χ4v) is 4.26. The number of hydrogen-bond donors (Lipinski definition) is 1. The van der Waals surface area contributed by atoms with Gasteiger partial charge in [0.25, 0.3) is 0 Å². The first-order valence-corrected chi connectivity index (χ1v) is 10.5. The Bertz CT molecular complexity index is 1260. The van der Waals surface area contributed by atoms with Gasteiger partial charge in [0.2, 0.25) is 0 Å². The van der Waals surface area contributed by atoms with Crippen LogP contribution in [0.1, 0.15) is 40.8 Å².